The van der Waals surface area contributed by atoms with Crippen LogP contribution in [0.5, 0.6) is 0 Å². The molecule has 2 amide bonds. The number of hydrogen-bond acceptors (Lipinski definition) is 5. The first kappa shape index (κ1) is 20.3. The number of hydrazone groups is 1. The van der Waals surface area contributed by atoms with Crippen LogP contribution in [0.25, 0.3) is 16.9 Å². The van der Waals surface area contributed by atoms with E-state index in [0.29, 0.717) is 11.3 Å². The highest BCUT2D eigenvalue weighted by atomic mass is 32.2. The predicted molar refractivity (Wildman–Crippen MR) is 115 cm³/mol. The molecule has 0 bridgehead atoms. The van der Waals surface area contributed by atoms with E-state index in [4.69, 9.17) is 5.73 Å². The van der Waals surface area contributed by atoms with Gasteiger partial charge < -0.3 is 5.73 Å². The smallest absolute Gasteiger partial charge is 0.329 e. The molecule has 0 radical (unpaired) electrons. The molecule has 0 fully saturated rings. The molecule has 8 heteroatoms. The Morgan fingerprint density at radius 1 is 1.17 bits per heavy atom. The number of nitrogens with zero attached hydrogens (tertiary/aromatic N) is 3. The number of para-hydroxylation sites is 1. The van der Waals surface area contributed by atoms with Crippen molar-refractivity contribution in [2.45, 2.75) is 18.2 Å². The Kier molecular flexibility index (Phi) is 6.80. The van der Waals surface area contributed by atoms with E-state index in [1.54, 1.807) is 4.68 Å². The molecule has 0 atom stereocenters. The van der Waals surface area contributed by atoms with Crippen molar-refractivity contribution in [3.8, 4) is 16.9 Å². The van der Waals surface area contributed by atoms with Crippen molar-refractivity contribution >= 4 is 29.8 Å². The van der Waals surface area contributed by atoms with Gasteiger partial charge in [-0.05, 0) is 36.4 Å². The van der Waals surface area contributed by atoms with Crippen molar-refractivity contribution in [3.63, 3.8) is 0 Å². The fourth-order valence-corrected chi connectivity index (χ4v) is 3.33. The number of amides is 2. The van der Waals surface area contributed by atoms with Gasteiger partial charge in [0.1, 0.15) is 5.69 Å². The van der Waals surface area contributed by atoms with Crippen LogP contribution in [-0.4, -0.2) is 33.6 Å². The third-order valence-corrected chi connectivity index (χ3v) is 5.18. The molecule has 2 aromatic carbocycles. The van der Waals surface area contributed by atoms with E-state index in [1.807, 2.05) is 60.4 Å². The van der Waals surface area contributed by atoms with Gasteiger partial charge in [-0.3, -0.25) is 9.59 Å². The highest BCUT2D eigenvalue weighted by Crippen LogP contribution is 2.26. The number of thioether (sulfide) groups is 1. The van der Waals surface area contributed by atoms with Crippen molar-refractivity contribution in [3.05, 3.63) is 66.4 Å². The van der Waals surface area contributed by atoms with E-state index in [-0.39, 0.29) is 0 Å². The van der Waals surface area contributed by atoms with Crippen LogP contribution in [0.4, 0.5) is 0 Å². The second-order valence-corrected chi connectivity index (χ2v) is 7.32. The Bertz CT molecular complexity index is 1010. The number of hydrogen-bond donors (Lipinski definition) is 2. The van der Waals surface area contributed by atoms with Crippen LogP contribution >= 0.6 is 11.8 Å². The van der Waals surface area contributed by atoms with Gasteiger partial charge >= 0.3 is 11.8 Å². The van der Waals surface area contributed by atoms with E-state index in [2.05, 4.69) is 34.7 Å². The molecule has 0 aliphatic rings. The van der Waals surface area contributed by atoms with Gasteiger partial charge in [0.25, 0.3) is 0 Å². The van der Waals surface area contributed by atoms with Gasteiger partial charge in [0.15, 0.2) is 0 Å². The lowest BCUT2D eigenvalue weighted by molar-refractivity contribution is -0.137. The Balaban J connectivity index is 1.93. The summed E-state index contributed by atoms with van der Waals surface area (Å²) >= 11 is 1.81. The molecular weight excluding hydrogens is 386 g/mol. The molecule has 148 valence electrons. The molecule has 1 heterocycles. The minimum atomic E-state index is -1.09. The first-order chi connectivity index (χ1) is 14.1. The topological polar surface area (TPSA) is 102 Å². The van der Waals surface area contributed by atoms with E-state index in [1.165, 1.54) is 11.1 Å². The molecule has 1 aromatic heterocycles. The maximum Gasteiger partial charge on any atom is 0.329 e. The molecule has 0 spiro atoms. The summed E-state index contributed by atoms with van der Waals surface area (Å²) in [6.45, 7) is 2.15. The minimum absolute atomic E-state index is 0.688. The molecular formula is C21H21N5O2S. The third-order valence-electron chi connectivity index (χ3n) is 3.96. The van der Waals surface area contributed by atoms with Crippen molar-refractivity contribution in [2.24, 2.45) is 10.8 Å². The lowest BCUT2D eigenvalue weighted by Gasteiger charge is -2.03. The zero-order chi connectivity index (χ0) is 20.6. The summed E-state index contributed by atoms with van der Waals surface area (Å²) in [5.41, 5.74) is 10.2. The fourth-order valence-electron chi connectivity index (χ4n) is 2.56. The largest absolute Gasteiger partial charge is 0.361 e. The number of carbonyl (C=O) groups is 2. The van der Waals surface area contributed by atoms with Crippen LogP contribution < -0.4 is 11.2 Å². The normalized spacial score (nSPS) is 10.9. The highest BCUT2D eigenvalue weighted by molar-refractivity contribution is 7.99. The van der Waals surface area contributed by atoms with Gasteiger partial charge in [-0.15, -0.1) is 11.8 Å². The van der Waals surface area contributed by atoms with Crippen LogP contribution in [0, 0.1) is 0 Å². The molecule has 0 unspecified atom stereocenters. The predicted octanol–water partition coefficient (Wildman–Crippen LogP) is 2.98. The Morgan fingerprint density at radius 3 is 2.55 bits per heavy atom. The summed E-state index contributed by atoms with van der Waals surface area (Å²) in [7, 11) is 0. The second-order valence-electron chi connectivity index (χ2n) is 6.15. The van der Waals surface area contributed by atoms with Crippen LogP contribution in [0.2, 0.25) is 0 Å². The Labute approximate surface area is 173 Å². The monoisotopic (exact) mass is 407 g/mol. The maximum absolute atomic E-state index is 11.3. The summed E-state index contributed by atoms with van der Waals surface area (Å²) < 4.78 is 1.74. The average Bonchev–Trinajstić information content (AvgIpc) is 3.17. The maximum atomic E-state index is 11.3. The molecule has 0 aliphatic heterocycles. The summed E-state index contributed by atoms with van der Waals surface area (Å²) in [5, 5.41) is 8.52. The molecule has 29 heavy (non-hydrogen) atoms. The first-order valence-electron chi connectivity index (χ1n) is 9.09. The van der Waals surface area contributed by atoms with Crippen molar-refractivity contribution < 1.29 is 9.59 Å². The number of rotatable bonds is 7. The van der Waals surface area contributed by atoms with Crippen molar-refractivity contribution in [2.75, 3.05) is 5.75 Å². The highest BCUT2D eigenvalue weighted by Gasteiger charge is 2.12. The molecule has 3 rings (SSSR count). The zero-order valence-corrected chi connectivity index (χ0v) is 16.7. The molecule has 0 saturated carbocycles. The number of primary amides is 1. The molecule has 0 aliphatic carbocycles. The third kappa shape index (κ3) is 5.32. The Morgan fingerprint density at radius 2 is 1.90 bits per heavy atom. The lowest BCUT2D eigenvalue weighted by atomic mass is 10.1. The number of benzene rings is 2. The van der Waals surface area contributed by atoms with Gasteiger partial charge in [-0.1, -0.05) is 37.3 Å². The van der Waals surface area contributed by atoms with E-state index in [9.17, 15) is 9.59 Å². The molecule has 3 aromatic rings. The number of aromatic nitrogens is 2. The quantitative estimate of drug-likeness (QED) is 0.272. The van der Waals surface area contributed by atoms with Gasteiger partial charge in [0.05, 0.1) is 11.9 Å². The van der Waals surface area contributed by atoms with Gasteiger partial charge in [0.2, 0.25) is 0 Å². The second kappa shape index (κ2) is 9.70. The summed E-state index contributed by atoms with van der Waals surface area (Å²) in [4.78, 5) is 23.4. The number of nitrogens with one attached hydrogen (secondary N) is 1. The fraction of sp³-hybridized carbons (Fsp3) is 0.143. The molecule has 0 saturated heterocycles. The molecule has 7 nitrogen and oxygen atoms in total. The van der Waals surface area contributed by atoms with Gasteiger partial charge in [0, 0.05) is 22.2 Å². The van der Waals surface area contributed by atoms with Crippen LogP contribution in [0.3, 0.4) is 0 Å². The lowest BCUT2D eigenvalue weighted by Crippen LogP contribution is -2.32. The zero-order valence-electron chi connectivity index (χ0n) is 15.9. The summed E-state index contributed by atoms with van der Waals surface area (Å²) in [5.74, 6) is -1.00. The van der Waals surface area contributed by atoms with Crippen molar-refractivity contribution in [1.82, 2.24) is 15.2 Å². The Hall–Kier alpha value is -3.39. The average molecular weight is 407 g/mol. The van der Waals surface area contributed by atoms with E-state index in [0.717, 1.165) is 23.4 Å². The standard InChI is InChI=1S/C21H21N5O2S/c1-2-12-29-18-10-8-15(9-11-18)19-16(13-23-24-21(28)20(22)27)14-26(25-19)17-6-4-3-5-7-17/h3-11,13-14H,2,12H2,1H3,(H2,22,27)(H,24,28)/b23-13-. The van der Waals surface area contributed by atoms with Crippen LogP contribution in [-0.2, 0) is 9.59 Å². The molecule has 3 N–H and O–H groups in total. The summed E-state index contributed by atoms with van der Waals surface area (Å²) in [6, 6.07) is 17.8. The van der Waals surface area contributed by atoms with Crippen LogP contribution in [0.15, 0.2) is 70.8 Å². The van der Waals surface area contributed by atoms with Crippen molar-refractivity contribution in [1.29, 1.82) is 0 Å². The summed E-state index contributed by atoms with van der Waals surface area (Å²) in [6.07, 6.45) is 4.37. The number of carbonyl (C=O) groups excluding carboxylic acids is 2. The van der Waals surface area contributed by atoms with Crippen LogP contribution in [0.1, 0.15) is 18.9 Å². The minimum Gasteiger partial charge on any atom is -0.361 e. The van der Waals surface area contributed by atoms with E-state index >= 15 is 0 Å². The van der Waals surface area contributed by atoms with Gasteiger partial charge in [-0.25, -0.2) is 10.1 Å². The number of nitrogens with two attached hydrogens (primary N) is 1. The van der Waals surface area contributed by atoms with Gasteiger partial charge in [-0.2, -0.15) is 10.2 Å². The SMILES string of the molecule is CCCSc1ccc(-c2nn(-c3ccccc3)cc2/C=N\NC(=O)C(N)=O)cc1. The first-order valence-corrected chi connectivity index (χ1v) is 10.1. The van der Waals surface area contributed by atoms with E-state index < -0.39 is 11.8 Å².